The average molecular weight is 158 g/mol. The lowest BCUT2D eigenvalue weighted by Gasteiger charge is -2.18. The fourth-order valence-electron chi connectivity index (χ4n) is 1.92. The molecule has 62 valence electrons. The molecule has 2 rings (SSSR count). The minimum atomic E-state index is 1.13. The van der Waals surface area contributed by atoms with Crippen LogP contribution in [0.4, 0.5) is 0 Å². The normalized spacial score (nSPS) is 22.5. The van der Waals surface area contributed by atoms with Gasteiger partial charge in [-0.25, -0.2) is 0 Å². The quantitative estimate of drug-likeness (QED) is 0.506. The van der Waals surface area contributed by atoms with E-state index in [0.717, 1.165) is 6.42 Å². The molecule has 0 N–H and O–H groups in total. The maximum atomic E-state index is 4.10. The molecule has 0 aliphatic heterocycles. The molecule has 0 spiro atoms. The fourth-order valence-corrected chi connectivity index (χ4v) is 1.92. The maximum absolute atomic E-state index is 4.10. The summed E-state index contributed by atoms with van der Waals surface area (Å²) in [4.78, 5) is 0. The Morgan fingerprint density at radius 3 is 3.00 bits per heavy atom. The zero-order chi connectivity index (χ0) is 8.39. The molecule has 0 amide bonds. The summed E-state index contributed by atoms with van der Waals surface area (Å²) < 4.78 is 0. The Labute approximate surface area is 74.0 Å². The van der Waals surface area contributed by atoms with Crippen molar-refractivity contribution in [1.29, 1.82) is 0 Å². The number of hydrogen-bond donors (Lipinski definition) is 0. The predicted molar refractivity (Wildman–Crippen MR) is 52.9 cm³/mol. The zero-order valence-electron chi connectivity index (χ0n) is 7.34. The first-order valence-electron chi connectivity index (χ1n) is 4.61. The van der Waals surface area contributed by atoms with Crippen LogP contribution in [0.3, 0.4) is 0 Å². The lowest BCUT2D eigenvalue weighted by atomic mass is 9.87. The van der Waals surface area contributed by atoms with Crippen LogP contribution in [0, 0.1) is 0 Å². The number of hydrogen-bond acceptors (Lipinski definition) is 0. The van der Waals surface area contributed by atoms with Gasteiger partial charge < -0.3 is 0 Å². The topological polar surface area (TPSA) is 0 Å². The summed E-state index contributed by atoms with van der Waals surface area (Å²) in [5, 5.41) is 0. The summed E-state index contributed by atoms with van der Waals surface area (Å²) in [6.07, 6.45) is 13.6. The van der Waals surface area contributed by atoms with Crippen LogP contribution in [0.2, 0.25) is 0 Å². The smallest absolute Gasteiger partial charge is 0.0127 e. The molecule has 2 aliphatic carbocycles. The largest absolute Gasteiger partial charge is 0.0952 e. The van der Waals surface area contributed by atoms with E-state index in [-0.39, 0.29) is 0 Å². The number of rotatable bonds is 0. The van der Waals surface area contributed by atoms with E-state index < -0.39 is 0 Å². The molecular weight excluding hydrogens is 144 g/mol. The van der Waals surface area contributed by atoms with Gasteiger partial charge in [-0.05, 0) is 36.8 Å². The second-order valence-corrected chi connectivity index (χ2v) is 3.47. The highest BCUT2D eigenvalue weighted by atomic mass is 14.2. The summed E-state index contributed by atoms with van der Waals surface area (Å²) in [6.45, 7) is 4.10. The molecule has 0 saturated heterocycles. The Kier molecular flexibility index (Phi) is 1.99. The van der Waals surface area contributed by atoms with E-state index in [2.05, 4.69) is 30.9 Å². The van der Waals surface area contributed by atoms with E-state index >= 15 is 0 Å². The minimum absolute atomic E-state index is 1.13. The molecule has 0 heterocycles. The summed E-state index contributed by atoms with van der Waals surface area (Å²) in [5.74, 6) is 0. The first-order chi connectivity index (χ1) is 5.88. The van der Waals surface area contributed by atoms with E-state index in [1.165, 1.54) is 30.4 Å². The first-order valence-corrected chi connectivity index (χ1v) is 4.61. The van der Waals surface area contributed by atoms with Gasteiger partial charge in [0.2, 0.25) is 0 Å². The van der Waals surface area contributed by atoms with Crippen LogP contribution < -0.4 is 0 Å². The van der Waals surface area contributed by atoms with E-state index in [1.807, 2.05) is 0 Å². The van der Waals surface area contributed by atoms with Crippen molar-refractivity contribution in [2.45, 2.75) is 25.7 Å². The fraction of sp³-hybridized carbons (Fsp3) is 0.333. The van der Waals surface area contributed by atoms with Gasteiger partial charge in [-0.2, -0.15) is 0 Å². The van der Waals surface area contributed by atoms with Crippen molar-refractivity contribution in [2.24, 2.45) is 0 Å². The maximum Gasteiger partial charge on any atom is -0.0127 e. The van der Waals surface area contributed by atoms with E-state index in [0.29, 0.717) is 0 Å². The lowest BCUT2D eigenvalue weighted by molar-refractivity contribution is 0.759. The van der Waals surface area contributed by atoms with Crippen LogP contribution >= 0.6 is 0 Å². The van der Waals surface area contributed by atoms with Gasteiger partial charge in [0.15, 0.2) is 0 Å². The third-order valence-electron chi connectivity index (χ3n) is 2.59. The van der Waals surface area contributed by atoms with Gasteiger partial charge in [-0.3, -0.25) is 0 Å². The molecule has 0 atom stereocenters. The van der Waals surface area contributed by atoms with Crippen LogP contribution in [-0.4, -0.2) is 0 Å². The van der Waals surface area contributed by atoms with E-state index in [1.54, 1.807) is 5.57 Å². The van der Waals surface area contributed by atoms with Gasteiger partial charge in [-0.1, -0.05) is 36.5 Å². The van der Waals surface area contributed by atoms with Crippen molar-refractivity contribution in [3.05, 3.63) is 47.6 Å². The molecule has 12 heavy (non-hydrogen) atoms. The predicted octanol–water partition coefficient (Wildman–Crippen LogP) is 3.54. The SMILES string of the molecule is C=C1CCCC2=C1C=CC=CC2. The van der Waals surface area contributed by atoms with Gasteiger partial charge >= 0.3 is 0 Å². The zero-order valence-corrected chi connectivity index (χ0v) is 7.34. The van der Waals surface area contributed by atoms with Gasteiger partial charge in [0.25, 0.3) is 0 Å². The van der Waals surface area contributed by atoms with Crippen molar-refractivity contribution in [1.82, 2.24) is 0 Å². The molecule has 0 nitrogen and oxygen atoms in total. The Hall–Kier alpha value is -1.04. The highest BCUT2D eigenvalue weighted by molar-refractivity contribution is 5.46. The van der Waals surface area contributed by atoms with Crippen LogP contribution in [-0.2, 0) is 0 Å². The van der Waals surface area contributed by atoms with Gasteiger partial charge in [0, 0.05) is 0 Å². The molecule has 0 aromatic heterocycles. The van der Waals surface area contributed by atoms with E-state index in [9.17, 15) is 0 Å². The Morgan fingerprint density at radius 1 is 1.17 bits per heavy atom. The second-order valence-electron chi connectivity index (χ2n) is 3.47. The summed E-state index contributed by atoms with van der Waals surface area (Å²) in [5.41, 5.74) is 4.33. The van der Waals surface area contributed by atoms with Crippen LogP contribution in [0.1, 0.15) is 25.7 Å². The van der Waals surface area contributed by atoms with Crippen molar-refractivity contribution in [3.63, 3.8) is 0 Å². The molecule has 0 heteroatoms. The summed E-state index contributed by atoms with van der Waals surface area (Å²) >= 11 is 0. The van der Waals surface area contributed by atoms with Gasteiger partial charge in [-0.15, -0.1) is 0 Å². The van der Waals surface area contributed by atoms with Crippen molar-refractivity contribution in [3.8, 4) is 0 Å². The second kappa shape index (κ2) is 3.14. The molecule has 0 bridgehead atoms. The third-order valence-corrected chi connectivity index (χ3v) is 2.59. The molecule has 0 aromatic rings. The molecule has 0 aromatic carbocycles. The van der Waals surface area contributed by atoms with Crippen LogP contribution in [0.5, 0.6) is 0 Å². The van der Waals surface area contributed by atoms with Crippen molar-refractivity contribution >= 4 is 0 Å². The summed E-state index contributed by atoms with van der Waals surface area (Å²) in [6, 6.07) is 0. The molecule has 0 fully saturated rings. The van der Waals surface area contributed by atoms with Crippen LogP contribution in [0.15, 0.2) is 47.6 Å². The van der Waals surface area contributed by atoms with Crippen molar-refractivity contribution in [2.75, 3.05) is 0 Å². The molecule has 0 saturated carbocycles. The number of allylic oxidation sites excluding steroid dienone is 7. The molecule has 2 aliphatic rings. The monoisotopic (exact) mass is 158 g/mol. The third kappa shape index (κ3) is 1.29. The average Bonchev–Trinajstić information content (AvgIpc) is 2.30. The lowest BCUT2D eigenvalue weighted by Crippen LogP contribution is -1.99. The van der Waals surface area contributed by atoms with Crippen LogP contribution in [0.25, 0.3) is 0 Å². The van der Waals surface area contributed by atoms with Gasteiger partial charge in [0.1, 0.15) is 0 Å². The molecule has 0 unspecified atom stereocenters. The van der Waals surface area contributed by atoms with Gasteiger partial charge in [0.05, 0.1) is 0 Å². The first kappa shape index (κ1) is 7.60. The standard InChI is InChI=1S/C12H14/c1-10-6-5-8-11-7-3-2-4-9-12(10)11/h2-4,9H,1,5-8H2. The van der Waals surface area contributed by atoms with Crippen molar-refractivity contribution < 1.29 is 0 Å². The molecular formula is C12H14. The Balaban J connectivity index is 2.38. The van der Waals surface area contributed by atoms with E-state index in [4.69, 9.17) is 0 Å². The molecule has 0 radical (unpaired) electrons. The Morgan fingerprint density at radius 2 is 2.08 bits per heavy atom. The summed E-state index contributed by atoms with van der Waals surface area (Å²) in [7, 11) is 0. The Bertz CT molecular complexity index is 287. The minimum Gasteiger partial charge on any atom is -0.0952 e. The highest BCUT2D eigenvalue weighted by Crippen LogP contribution is 2.32. The highest BCUT2D eigenvalue weighted by Gasteiger charge is 2.13.